The van der Waals surface area contributed by atoms with Crippen LogP contribution in [0.4, 0.5) is 0 Å². The number of benzene rings is 2. The molecule has 1 atom stereocenters. The van der Waals surface area contributed by atoms with Gasteiger partial charge in [-0.05, 0) is 52.0 Å². The van der Waals surface area contributed by atoms with E-state index in [1.807, 2.05) is 0 Å². The summed E-state index contributed by atoms with van der Waals surface area (Å²) in [5.74, 6) is 0.667. The lowest BCUT2D eigenvalue weighted by Crippen LogP contribution is -2.10. The Hall–Kier alpha value is -1.56. The van der Waals surface area contributed by atoms with Crippen LogP contribution >= 0.6 is 0 Å². The summed E-state index contributed by atoms with van der Waals surface area (Å²) in [5.41, 5.74) is 7.31. The van der Waals surface area contributed by atoms with Gasteiger partial charge in [-0.2, -0.15) is 0 Å². The van der Waals surface area contributed by atoms with E-state index in [9.17, 15) is 0 Å². The van der Waals surface area contributed by atoms with E-state index in [0.29, 0.717) is 5.92 Å². The number of hydrogen-bond acceptors (Lipinski definition) is 0. The highest BCUT2D eigenvalue weighted by Crippen LogP contribution is 2.36. The van der Waals surface area contributed by atoms with E-state index in [2.05, 4.69) is 76.6 Å². The Bertz CT molecular complexity index is 611. The molecule has 0 fully saturated rings. The summed E-state index contributed by atoms with van der Waals surface area (Å²) in [5, 5.41) is 0. The molecule has 0 saturated carbocycles. The zero-order valence-electron chi connectivity index (χ0n) is 12.9. The van der Waals surface area contributed by atoms with E-state index in [0.717, 1.165) is 0 Å². The van der Waals surface area contributed by atoms with Crippen LogP contribution < -0.4 is 0 Å². The molecule has 2 aromatic carbocycles. The predicted octanol–water partition coefficient (Wildman–Crippen LogP) is 5.40. The van der Waals surface area contributed by atoms with Gasteiger partial charge in [0.15, 0.2) is 0 Å². The first-order valence-corrected chi connectivity index (χ1v) is 7.53. The molecule has 2 aromatic rings. The van der Waals surface area contributed by atoms with Gasteiger partial charge in [0.05, 0.1) is 0 Å². The summed E-state index contributed by atoms with van der Waals surface area (Å²) in [6, 6.07) is 15.8. The van der Waals surface area contributed by atoms with Gasteiger partial charge in [-0.3, -0.25) is 0 Å². The molecule has 0 aliphatic heterocycles. The molecule has 0 amide bonds. The second-order valence-electron chi connectivity index (χ2n) is 7.05. The second-order valence-corrected chi connectivity index (χ2v) is 7.05. The van der Waals surface area contributed by atoms with E-state index in [4.69, 9.17) is 0 Å². The molecular formula is C20H23. The first kappa shape index (κ1) is 13.4. The van der Waals surface area contributed by atoms with Crippen molar-refractivity contribution in [2.75, 3.05) is 0 Å². The zero-order valence-corrected chi connectivity index (χ0v) is 12.9. The lowest BCUT2D eigenvalue weighted by Gasteiger charge is -2.19. The second kappa shape index (κ2) is 4.77. The van der Waals surface area contributed by atoms with E-state index < -0.39 is 0 Å². The Morgan fingerprint density at radius 3 is 2.30 bits per heavy atom. The summed E-state index contributed by atoms with van der Waals surface area (Å²) in [6.45, 7) is 9.09. The van der Waals surface area contributed by atoms with Crippen molar-refractivity contribution in [2.45, 2.75) is 39.5 Å². The third-order valence-corrected chi connectivity index (χ3v) is 4.26. The van der Waals surface area contributed by atoms with Crippen LogP contribution in [0.25, 0.3) is 11.1 Å². The normalized spacial score (nSPS) is 18.1. The monoisotopic (exact) mass is 263 g/mol. The number of hydrogen-bond donors (Lipinski definition) is 0. The van der Waals surface area contributed by atoms with Crippen LogP contribution in [-0.4, -0.2) is 0 Å². The molecular weight excluding hydrogens is 240 g/mol. The summed E-state index contributed by atoms with van der Waals surface area (Å²) in [4.78, 5) is 0. The van der Waals surface area contributed by atoms with Gasteiger partial charge in [0.1, 0.15) is 0 Å². The smallest absolute Gasteiger partial charge is 0.00585 e. The number of rotatable bonds is 1. The van der Waals surface area contributed by atoms with E-state index in [1.165, 1.54) is 34.2 Å². The average molecular weight is 263 g/mol. The molecule has 1 aliphatic carbocycles. The third kappa shape index (κ3) is 2.40. The van der Waals surface area contributed by atoms with Crippen LogP contribution in [0.2, 0.25) is 0 Å². The Morgan fingerprint density at radius 1 is 0.950 bits per heavy atom. The molecule has 20 heavy (non-hydrogen) atoms. The highest BCUT2D eigenvalue weighted by Gasteiger charge is 2.21. The minimum absolute atomic E-state index is 0.222. The van der Waals surface area contributed by atoms with Crippen molar-refractivity contribution in [3.63, 3.8) is 0 Å². The maximum absolute atomic E-state index is 2.39. The highest BCUT2D eigenvalue weighted by atomic mass is 14.3. The highest BCUT2D eigenvalue weighted by molar-refractivity contribution is 5.71. The largest absolute Gasteiger partial charge is 0.0616 e. The SMILES string of the molecule is CC1[CH]c2cccc(-c3ccc(C(C)(C)C)cc3)c2C1. The van der Waals surface area contributed by atoms with Gasteiger partial charge < -0.3 is 0 Å². The molecule has 0 saturated heterocycles. The van der Waals surface area contributed by atoms with Gasteiger partial charge in [-0.15, -0.1) is 0 Å². The first-order valence-electron chi connectivity index (χ1n) is 7.53. The van der Waals surface area contributed by atoms with Gasteiger partial charge in [0.25, 0.3) is 0 Å². The molecule has 0 heteroatoms. The van der Waals surface area contributed by atoms with Gasteiger partial charge in [-0.25, -0.2) is 0 Å². The lowest BCUT2D eigenvalue weighted by atomic mass is 9.86. The van der Waals surface area contributed by atoms with Crippen molar-refractivity contribution < 1.29 is 0 Å². The third-order valence-electron chi connectivity index (χ3n) is 4.26. The average Bonchev–Trinajstić information content (AvgIpc) is 2.78. The van der Waals surface area contributed by atoms with Crippen LogP contribution in [0.3, 0.4) is 0 Å². The minimum atomic E-state index is 0.222. The maximum atomic E-state index is 2.39. The van der Waals surface area contributed by atoms with Gasteiger partial charge in [-0.1, -0.05) is 70.2 Å². The van der Waals surface area contributed by atoms with Crippen LogP contribution in [0.15, 0.2) is 42.5 Å². The minimum Gasteiger partial charge on any atom is -0.0616 e. The first-order chi connectivity index (χ1) is 9.45. The Kier molecular flexibility index (Phi) is 3.20. The van der Waals surface area contributed by atoms with Crippen LogP contribution in [0.5, 0.6) is 0 Å². The van der Waals surface area contributed by atoms with Gasteiger partial charge >= 0.3 is 0 Å². The summed E-state index contributed by atoms with van der Waals surface area (Å²) >= 11 is 0. The quantitative estimate of drug-likeness (QED) is 0.646. The Balaban J connectivity index is 2.01. The van der Waals surface area contributed by atoms with Crippen molar-refractivity contribution in [2.24, 2.45) is 5.92 Å². The van der Waals surface area contributed by atoms with E-state index in [-0.39, 0.29) is 5.41 Å². The summed E-state index contributed by atoms with van der Waals surface area (Å²) in [6.07, 6.45) is 3.56. The molecule has 1 unspecified atom stereocenters. The van der Waals surface area contributed by atoms with Crippen LogP contribution in [-0.2, 0) is 11.8 Å². The van der Waals surface area contributed by atoms with Crippen molar-refractivity contribution in [1.29, 1.82) is 0 Å². The van der Waals surface area contributed by atoms with Gasteiger partial charge in [0.2, 0.25) is 0 Å². The predicted molar refractivity (Wildman–Crippen MR) is 86.8 cm³/mol. The molecule has 0 heterocycles. The van der Waals surface area contributed by atoms with Crippen LogP contribution in [0.1, 0.15) is 44.4 Å². The molecule has 1 aliphatic rings. The summed E-state index contributed by atoms with van der Waals surface area (Å²) in [7, 11) is 0. The number of fused-ring (bicyclic) bond motifs is 1. The fraction of sp³-hybridized carbons (Fsp3) is 0.350. The molecule has 0 spiro atoms. The molecule has 0 bridgehead atoms. The molecule has 3 rings (SSSR count). The molecule has 0 N–H and O–H groups in total. The zero-order chi connectivity index (χ0) is 14.3. The topological polar surface area (TPSA) is 0 Å². The van der Waals surface area contributed by atoms with Crippen molar-refractivity contribution in [3.8, 4) is 11.1 Å². The van der Waals surface area contributed by atoms with Crippen molar-refractivity contribution >= 4 is 0 Å². The Labute approximate surface area is 122 Å². The van der Waals surface area contributed by atoms with E-state index >= 15 is 0 Å². The fourth-order valence-corrected chi connectivity index (χ4v) is 3.10. The fourth-order valence-electron chi connectivity index (χ4n) is 3.10. The molecule has 0 nitrogen and oxygen atoms in total. The van der Waals surface area contributed by atoms with Crippen molar-refractivity contribution in [1.82, 2.24) is 0 Å². The summed E-state index contributed by atoms with van der Waals surface area (Å²) < 4.78 is 0. The lowest BCUT2D eigenvalue weighted by molar-refractivity contribution is 0.590. The van der Waals surface area contributed by atoms with E-state index in [1.54, 1.807) is 0 Å². The van der Waals surface area contributed by atoms with Crippen molar-refractivity contribution in [3.05, 3.63) is 65.6 Å². The molecule has 1 radical (unpaired) electrons. The van der Waals surface area contributed by atoms with Crippen LogP contribution in [0, 0.1) is 12.3 Å². The Morgan fingerprint density at radius 2 is 1.65 bits per heavy atom. The molecule has 103 valence electrons. The molecule has 0 aromatic heterocycles. The standard InChI is InChI=1S/C20H23/c1-14-12-16-6-5-7-18(19(16)13-14)15-8-10-17(11-9-15)20(2,3)4/h5-12,14H,13H2,1-4H3. The van der Waals surface area contributed by atoms with Gasteiger partial charge in [0, 0.05) is 0 Å². The maximum Gasteiger partial charge on any atom is -0.00585 e.